The third-order valence-corrected chi connectivity index (χ3v) is 4.62. The van der Waals surface area contributed by atoms with Crippen LogP contribution in [-0.4, -0.2) is 5.84 Å². The van der Waals surface area contributed by atoms with E-state index in [9.17, 15) is 13.2 Å². The molecule has 0 amide bonds. The maximum absolute atomic E-state index is 12.6. The first-order valence-electron chi connectivity index (χ1n) is 7.91. The second kappa shape index (κ2) is 8.71. The van der Waals surface area contributed by atoms with Crippen molar-refractivity contribution in [1.82, 2.24) is 0 Å². The minimum Gasteiger partial charge on any atom is -0.405 e. The highest BCUT2D eigenvalue weighted by Crippen LogP contribution is 2.29. The van der Waals surface area contributed by atoms with E-state index < -0.39 is 11.7 Å². The number of halogens is 3. The van der Waals surface area contributed by atoms with Crippen molar-refractivity contribution in [2.45, 2.75) is 19.6 Å². The van der Waals surface area contributed by atoms with E-state index in [1.54, 1.807) is 17.4 Å². The van der Waals surface area contributed by atoms with E-state index in [2.05, 4.69) is 4.99 Å². The number of allylic oxidation sites excluding steroid dienone is 2. The summed E-state index contributed by atoms with van der Waals surface area (Å²) in [5.74, 6) is 0.266. The average molecular weight is 379 g/mol. The molecule has 0 bridgehead atoms. The molecule has 0 fully saturated rings. The lowest BCUT2D eigenvalue weighted by Gasteiger charge is -2.09. The molecule has 2 aromatic rings. The lowest BCUT2D eigenvalue weighted by Crippen LogP contribution is -2.20. The molecule has 4 N–H and O–H groups in total. The number of amidine groups is 1. The van der Waals surface area contributed by atoms with Gasteiger partial charge in [-0.05, 0) is 47.0 Å². The number of hydrogen-bond donors (Lipinski definition) is 2. The molecule has 0 aliphatic carbocycles. The quantitative estimate of drug-likeness (QED) is 0.429. The third-order valence-electron chi connectivity index (χ3n) is 3.70. The fourth-order valence-corrected chi connectivity index (χ4v) is 2.98. The number of alkyl halides is 3. The summed E-state index contributed by atoms with van der Waals surface area (Å²) in [5, 5.41) is 1.97. The summed E-state index contributed by atoms with van der Waals surface area (Å²) >= 11 is 1.59. The van der Waals surface area contributed by atoms with E-state index >= 15 is 0 Å². The second-order valence-electron chi connectivity index (χ2n) is 5.68. The van der Waals surface area contributed by atoms with Gasteiger partial charge in [-0.25, -0.2) is 0 Å². The maximum atomic E-state index is 12.6. The summed E-state index contributed by atoms with van der Waals surface area (Å²) in [6, 6.07) is 8.85. The first-order valence-corrected chi connectivity index (χ1v) is 8.79. The first-order chi connectivity index (χ1) is 12.3. The fourth-order valence-electron chi connectivity index (χ4n) is 2.25. The van der Waals surface area contributed by atoms with E-state index in [1.165, 1.54) is 18.3 Å². The van der Waals surface area contributed by atoms with Gasteiger partial charge in [-0.2, -0.15) is 13.2 Å². The zero-order valence-electron chi connectivity index (χ0n) is 14.2. The topological polar surface area (TPSA) is 64.4 Å². The van der Waals surface area contributed by atoms with E-state index in [0.717, 1.165) is 22.6 Å². The number of aliphatic imine (C=N–C) groups is 1. The van der Waals surface area contributed by atoms with Crippen LogP contribution in [0, 0.1) is 5.92 Å². The van der Waals surface area contributed by atoms with Crippen molar-refractivity contribution in [2.24, 2.45) is 22.4 Å². The van der Waals surface area contributed by atoms with Crippen molar-refractivity contribution >= 4 is 22.7 Å². The van der Waals surface area contributed by atoms with Gasteiger partial charge >= 0.3 is 6.18 Å². The molecular formula is C19H20F3N3S. The Morgan fingerprint density at radius 1 is 1.23 bits per heavy atom. The van der Waals surface area contributed by atoms with Crippen molar-refractivity contribution in [1.29, 1.82) is 0 Å². The van der Waals surface area contributed by atoms with Gasteiger partial charge in [0, 0.05) is 10.8 Å². The van der Waals surface area contributed by atoms with E-state index in [4.69, 9.17) is 11.5 Å². The molecular weight excluding hydrogens is 359 g/mol. The zero-order valence-corrected chi connectivity index (χ0v) is 15.0. The van der Waals surface area contributed by atoms with Crippen molar-refractivity contribution in [3.8, 4) is 0 Å². The van der Waals surface area contributed by atoms with Gasteiger partial charge in [0.2, 0.25) is 0 Å². The maximum Gasteiger partial charge on any atom is 0.416 e. The standard InChI is InChI=1S/C19H20F3N3S/c1-13(11-15(8-9-23)17-3-2-10-26-17)18(24)25-12-14-4-6-16(7-5-14)19(20,21)22/h2-11,13H,12,23H2,1H3,(H2,24,25)/b9-8-,15-11+. The number of nitrogens with zero attached hydrogens (tertiary/aromatic N) is 1. The number of thiophene rings is 1. The Balaban J connectivity index is 2.09. The summed E-state index contributed by atoms with van der Waals surface area (Å²) in [7, 11) is 0. The highest BCUT2D eigenvalue weighted by atomic mass is 32.1. The molecule has 1 atom stereocenters. The third kappa shape index (κ3) is 5.49. The molecule has 26 heavy (non-hydrogen) atoms. The zero-order chi connectivity index (χ0) is 19.2. The van der Waals surface area contributed by atoms with Crippen LogP contribution in [0.2, 0.25) is 0 Å². The van der Waals surface area contributed by atoms with Crippen LogP contribution in [0.5, 0.6) is 0 Å². The smallest absolute Gasteiger partial charge is 0.405 e. The highest BCUT2D eigenvalue weighted by molar-refractivity contribution is 7.11. The molecule has 1 aromatic heterocycles. The minimum absolute atomic E-state index is 0.141. The van der Waals surface area contributed by atoms with Crippen LogP contribution in [0.4, 0.5) is 13.2 Å². The molecule has 1 aromatic carbocycles. The molecule has 0 spiro atoms. The Labute approximate surface area is 154 Å². The monoisotopic (exact) mass is 379 g/mol. The Morgan fingerprint density at radius 2 is 1.92 bits per heavy atom. The van der Waals surface area contributed by atoms with Gasteiger partial charge in [0.25, 0.3) is 0 Å². The summed E-state index contributed by atoms with van der Waals surface area (Å²) in [6.07, 6.45) is 0.884. The van der Waals surface area contributed by atoms with Gasteiger partial charge in [0.15, 0.2) is 0 Å². The van der Waals surface area contributed by atoms with Crippen LogP contribution >= 0.6 is 11.3 Å². The van der Waals surface area contributed by atoms with Crippen LogP contribution in [0.15, 0.2) is 65.1 Å². The van der Waals surface area contributed by atoms with Crippen LogP contribution in [0.25, 0.3) is 5.57 Å². The minimum atomic E-state index is -4.34. The molecule has 0 saturated heterocycles. The molecule has 138 valence electrons. The fraction of sp³-hybridized carbons (Fsp3) is 0.211. The van der Waals surface area contributed by atoms with E-state index in [0.29, 0.717) is 11.4 Å². The largest absolute Gasteiger partial charge is 0.416 e. The van der Waals surface area contributed by atoms with E-state index in [-0.39, 0.29) is 12.5 Å². The lowest BCUT2D eigenvalue weighted by atomic mass is 10.0. The Bertz CT molecular complexity index is 788. The normalized spacial score (nSPS) is 14.8. The molecule has 1 heterocycles. The van der Waals surface area contributed by atoms with Gasteiger partial charge < -0.3 is 11.5 Å². The summed E-state index contributed by atoms with van der Waals surface area (Å²) in [6.45, 7) is 2.13. The highest BCUT2D eigenvalue weighted by Gasteiger charge is 2.29. The molecule has 1 unspecified atom stereocenters. The second-order valence-corrected chi connectivity index (χ2v) is 6.63. The van der Waals surface area contributed by atoms with Crippen LogP contribution in [0.1, 0.15) is 22.9 Å². The van der Waals surface area contributed by atoms with Crippen molar-refractivity contribution in [3.63, 3.8) is 0 Å². The van der Waals surface area contributed by atoms with Crippen LogP contribution < -0.4 is 11.5 Å². The van der Waals surface area contributed by atoms with Crippen molar-refractivity contribution < 1.29 is 13.2 Å². The average Bonchev–Trinajstić information content (AvgIpc) is 3.13. The summed E-state index contributed by atoms with van der Waals surface area (Å²) < 4.78 is 37.7. The SMILES string of the molecule is CC(/C=C(\C=C/N)c1cccs1)C(N)=NCc1ccc(C(F)(F)F)cc1. The molecule has 0 aliphatic rings. The Hall–Kier alpha value is -2.54. The molecule has 0 radical (unpaired) electrons. The Morgan fingerprint density at radius 3 is 2.46 bits per heavy atom. The summed E-state index contributed by atoms with van der Waals surface area (Å²) in [4.78, 5) is 5.36. The van der Waals surface area contributed by atoms with Crippen LogP contribution in [-0.2, 0) is 12.7 Å². The number of benzene rings is 1. The molecule has 3 nitrogen and oxygen atoms in total. The predicted molar refractivity (Wildman–Crippen MR) is 102 cm³/mol. The molecule has 2 rings (SSSR count). The van der Waals surface area contributed by atoms with Gasteiger partial charge in [-0.15, -0.1) is 11.3 Å². The predicted octanol–water partition coefficient (Wildman–Crippen LogP) is 4.82. The van der Waals surface area contributed by atoms with Crippen LogP contribution in [0.3, 0.4) is 0 Å². The van der Waals surface area contributed by atoms with Crippen molar-refractivity contribution in [3.05, 3.63) is 76.1 Å². The van der Waals surface area contributed by atoms with Gasteiger partial charge in [0.05, 0.1) is 12.1 Å². The first kappa shape index (κ1) is 19.8. The molecule has 7 heteroatoms. The summed E-state index contributed by atoms with van der Waals surface area (Å²) in [5.41, 5.74) is 12.5. The van der Waals surface area contributed by atoms with Crippen molar-refractivity contribution in [2.75, 3.05) is 0 Å². The molecule has 0 saturated carbocycles. The number of nitrogens with two attached hydrogens (primary N) is 2. The molecule has 0 aliphatic heterocycles. The Kier molecular flexibility index (Phi) is 6.63. The van der Waals surface area contributed by atoms with E-state index in [1.807, 2.05) is 30.5 Å². The number of hydrogen-bond acceptors (Lipinski definition) is 3. The van der Waals surface area contributed by atoms with Gasteiger partial charge in [0.1, 0.15) is 5.84 Å². The lowest BCUT2D eigenvalue weighted by molar-refractivity contribution is -0.137. The number of rotatable bonds is 6. The van der Waals surface area contributed by atoms with Gasteiger partial charge in [-0.3, -0.25) is 4.99 Å². The van der Waals surface area contributed by atoms with Gasteiger partial charge in [-0.1, -0.05) is 31.2 Å².